The molecule has 0 aliphatic heterocycles. The zero-order chi connectivity index (χ0) is 19.3. The molecular weight excluding hydrogens is 370 g/mol. The maximum Gasteiger partial charge on any atom is 0.354 e. The van der Waals surface area contributed by atoms with E-state index in [1.165, 1.54) is 22.3 Å². The first-order valence-corrected chi connectivity index (χ1v) is 11.7. The van der Waals surface area contributed by atoms with Gasteiger partial charge in [-0.05, 0) is 84.7 Å². The zero-order valence-electron chi connectivity index (χ0n) is 15.9. The van der Waals surface area contributed by atoms with Crippen LogP contribution in [0.3, 0.4) is 0 Å². The Morgan fingerprint density at radius 3 is 2.11 bits per heavy atom. The van der Waals surface area contributed by atoms with Crippen LogP contribution in [0.1, 0.15) is 46.2 Å². The normalized spacial score (nSPS) is 19.6. The lowest BCUT2D eigenvalue weighted by atomic mass is 9.99. The van der Waals surface area contributed by atoms with Gasteiger partial charge in [0, 0.05) is 5.69 Å². The third-order valence-electron chi connectivity index (χ3n) is 6.42. The number of hydrogen-bond acceptors (Lipinski definition) is 2. The minimum Gasteiger partial charge on any atom is -0.305 e. The molecule has 3 aliphatic carbocycles. The maximum absolute atomic E-state index is 13.1. The fourth-order valence-corrected chi connectivity index (χ4v) is 6.35. The molecule has 0 fully saturated rings. The van der Waals surface area contributed by atoms with Gasteiger partial charge in [0.15, 0.2) is 0 Å². The van der Waals surface area contributed by atoms with Crippen LogP contribution in [-0.4, -0.2) is 15.5 Å². The SMILES string of the molecule is N[S@](=O)(=NC(=O)Nc1c2c(cc3c1CCC3)CCC2)C1Cc2ccccc2C1. The molecule has 5 rings (SSSR count). The van der Waals surface area contributed by atoms with E-state index < -0.39 is 15.9 Å². The molecule has 146 valence electrons. The first kappa shape index (κ1) is 17.9. The average Bonchev–Trinajstić information content (AvgIpc) is 3.39. The molecule has 2 amide bonds. The van der Waals surface area contributed by atoms with E-state index in [0.29, 0.717) is 12.8 Å². The molecule has 0 spiro atoms. The van der Waals surface area contributed by atoms with E-state index in [1.807, 2.05) is 24.3 Å². The summed E-state index contributed by atoms with van der Waals surface area (Å²) in [6, 6.07) is 9.75. The van der Waals surface area contributed by atoms with Crippen LogP contribution < -0.4 is 10.5 Å². The summed E-state index contributed by atoms with van der Waals surface area (Å²) in [6.45, 7) is 0. The second-order valence-electron chi connectivity index (χ2n) is 8.17. The standard InChI is InChI=1S/C22H25N3O2S/c23-28(27,18-12-14-5-1-2-6-15(14)13-18)25-22(26)24-21-19-9-3-7-16(19)11-17-8-4-10-20(17)21/h1-2,5-6,11,18H,3-4,7-10,12-13H2,(H3,23,24,25,26,27)/t28-/m0/s1. The van der Waals surface area contributed by atoms with Crippen molar-refractivity contribution in [1.82, 2.24) is 0 Å². The molecule has 0 aromatic heterocycles. The van der Waals surface area contributed by atoms with Crippen molar-refractivity contribution in [2.45, 2.75) is 56.6 Å². The Morgan fingerprint density at radius 1 is 0.964 bits per heavy atom. The largest absolute Gasteiger partial charge is 0.354 e. The van der Waals surface area contributed by atoms with Crippen LogP contribution in [0, 0.1) is 0 Å². The lowest BCUT2D eigenvalue weighted by Gasteiger charge is -2.16. The summed E-state index contributed by atoms with van der Waals surface area (Å²) in [5.74, 6) is 0. The molecule has 2 aromatic rings. The number of carbonyl (C=O) groups excluding carboxylic acids is 1. The number of carbonyl (C=O) groups is 1. The van der Waals surface area contributed by atoms with Crippen molar-refractivity contribution in [2.75, 3.05) is 5.32 Å². The molecule has 0 bridgehead atoms. The first-order valence-electron chi connectivity index (χ1n) is 10.1. The number of benzene rings is 2. The van der Waals surface area contributed by atoms with Gasteiger partial charge in [0.25, 0.3) is 0 Å². The number of nitrogens with zero attached hydrogens (tertiary/aromatic N) is 1. The Morgan fingerprint density at radius 2 is 1.54 bits per heavy atom. The molecule has 0 saturated heterocycles. The van der Waals surface area contributed by atoms with E-state index in [4.69, 9.17) is 5.14 Å². The van der Waals surface area contributed by atoms with E-state index in [9.17, 15) is 9.00 Å². The van der Waals surface area contributed by atoms with Gasteiger partial charge in [-0.15, -0.1) is 4.36 Å². The van der Waals surface area contributed by atoms with E-state index in [1.54, 1.807) is 0 Å². The van der Waals surface area contributed by atoms with Gasteiger partial charge in [0.05, 0.1) is 5.25 Å². The van der Waals surface area contributed by atoms with Crippen molar-refractivity contribution in [3.8, 4) is 0 Å². The number of hydrogen-bond donors (Lipinski definition) is 2. The van der Waals surface area contributed by atoms with Gasteiger partial charge in [0.2, 0.25) is 0 Å². The van der Waals surface area contributed by atoms with E-state index in [0.717, 1.165) is 55.3 Å². The summed E-state index contributed by atoms with van der Waals surface area (Å²) in [5.41, 5.74) is 8.38. The molecule has 1 atom stereocenters. The van der Waals surface area contributed by atoms with Crippen molar-refractivity contribution in [2.24, 2.45) is 9.50 Å². The number of anilines is 1. The number of amides is 2. The number of nitrogens with one attached hydrogen (secondary N) is 1. The predicted octanol–water partition coefficient (Wildman–Crippen LogP) is 3.71. The first-order chi connectivity index (χ1) is 13.5. The van der Waals surface area contributed by atoms with Crippen molar-refractivity contribution in [3.63, 3.8) is 0 Å². The van der Waals surface area contributed by atoms with Crippen LogP contribution in [0.5, 0.6) is 0 Å². The number of nitrogens with two attached hydrogens (primary N) is 1. The van der Waals surface area contributed by atoms with Crippen LogP contribution in [0.4, 0.5) is 10.5 Å². The summed E-state index contributed by atoms with van der Waals surface area (Å²) < 4.78 is 17.1. The number of aryl methyl sites for hydroxylation is 2. The maximum atomic E-state index is 13.1. The summed E-state index contributed by atoms with van der Waals surface area (Å²) in [5, 5.41) is 8.74. The Hall–Kier alpha value is -2.18. The van der Waals surface area contributed by atoms with E-state index >= 15 is 0 Å². The Kier molecular flexibility index (Phi) is 4.29. The summed E-state index contributed by atoms with van der Waals surface area (Å²) >= 11 is 0. The molecule has 3 N–H and O–H groups in total. The lowest BCUT2D eigenvalue weighted by molar-refractivity contribution is 0.260. The topological polar surface area (TPSA) is 84.6 Å². The highest BCUT2D eigenvalue weighted by Gasteiger charge is 2.30. The molecule has 3 aliphatic rings. The van der Waals surface area contributed by atoms with Crippen molar-refractivity contribution < 1.29 is 9.00 Å². The summed E-state index contributed by atoms with van der Waals surface area (Å²) in [7, 11) is -3.11. The molecule has 0 radical (unpaired) electrons. The van der Waals surface area contributed by atoms with Crippen LogP contribution in [0.15, 0.2) is 34.7 Å². The lowest BCUT2D eigenvalue weighted by Crippen LogP contribution is -2.30. The molecule has 28 heavy (non-hydrogen) atoms. The predicted molar refractivity (Wildman–Crippen MR) is 112 cm³/mol. The minimum absolute atomic E-state index is 0.317. The molecule has 0 heterocycles. The van der Waals surface area contributed by atoms with Gasteiger partial charge < -0.3 is 5.32 Å². The number of rotatable bonds is 2. The zero-order valence-corrected chi connectivity index (χ0v) is 16.7. The highest BCUT2D eigenvalue weighted by atomic mass is 32.2. The Balaban J connectivity index is 1.42. The van der Waals surface area contributed by atoms with Gasteiger partial charge in [-0.1, -0.05) is 30.3 Å². The van der Waals surface area contributed by atoms with Gasteiger partial charge in [-0.25, -0.2) is 14.1 Å². The summed E-state index contributed by atoms with van der Waals surface area (Å²) in [6.07, 6.45) is 7.55. The van der Waals surface area contributed by atoms with Gasteiger partial charge in [-0.3, -0.25) is 0 Å². The van der Waals surface area contributed by atoms with Gasteiger partial charge in [-0.2, -0.15) is 0 Å². The smallest absolute Gasteiger partial charge is 0.305 e. The van der Waals surface area contributed by atoms with E-state index in [2.05, 4.69) is 15.7 Å². The minimum atomic E-state index is -3.11. The molecule has 2 aromatic carbocycles. The molecule has 5 nitrogen and oxygen atoms in total. The van der Waals surface area contributed by atoms with Crippen molar-refractivity contribution in [1.29, 1.82) is 0 Å². The quantitative estimate of drug-likeness (QED) is 0.812. The third kappa shape index (κ3) is 3.05. The van der Waals surface area contributed by atoms with Crippen LogP contribution in [0.2, 0.25) is 0 Å². The molecule has 0 unspecified atom stereocenters. The van der Waals surface area contributed by atoms with Gasteiger partial charge >= 0.3 is 6.03 Å². The molecule has 0 saturated carbocycles. The fraction of sp³-hybridized carbons (Fsp3) is 0.409. The molecule has 6 heteroatoms. The van der Waals surface area contributed by atoms with Crippen LogP contribution >= 0.6 is 0 Å². The Labute approximate surface area is 166 Å². The summed E-state index contributed by atoms with van der Waals surface area (Å²) in [4.78, 5) is 12.7. The monoisotopic (exact) mass is 395 g/mol. The Bertz CT molecular complexity index is 1040. The number of fused-ring (bicyclic) bond motifs is 3. The van der Waals surface area contributed by atoms with Crippen molar-refractivity contribution >= 4 is 21.6 Å². The molecular formula is C22H25N3O2S. The highest BCUT2D eigenvalue weighted by Crippen LogP contribution is 2.38. The second kappa shape index (κ2) is 6.71. The van der Waals surface area contributed by atoms with E-state index in [-0.39, 0.29) is 5.25 Å². The number of urea groups is 1. The third-order valence-corrected chi connectivity index (χ3v) is 8.16. The fourth-order valence-electron chi connectivity index (χ4n) is 5.06. The van der Waals surface area contributed by atoms with Crippen molar-refractivity contribution in [3.05, 3.63) is 63.7 Å². The average molecular weight is 396 g/mol. The van der Waals surface area contributed by atoms with Gasteiger partial charge in [0.1, 0.15) is 9.92 Å². The van der Waals surface area contributed by atoms with Crippen LogP contribution in [-0.2, 0) is 48.4 Å². The highest BCUT2D eigenvalue weighted by molar-refractivity contribution is 7.92. The van der Waals surface area contributed by atoms with Crippen LogP contribution in [0.25, 0.3) is 0 Å². The second-order valence-corrected chi connectivity index (χ2v) is 10.2.